The zero-order chi connectivity index (χ0) is 17.8. The Morgan fingerprint density at radius 2 is 1.88 bits per heavy atom. The summed E-state index contributed by atoms with van der Waals surface area (Å²) in [5, 5.41) is 3.25. The Bertz CT molecular complexity index is 742. The van der Waals surface area contributed by atoms with E-state index >= 15 is 0 Å². The number of nitrogens with zero attached hydrogens (tertiary/aromatic N) is 3. The van der Waals surface area contributed by atoms with Gasteiger partial charge in [-0.2, -0.15) is 0 Å². The lowest BCUT2D eigenvalue weighted by molar-refractivity contribution is 0.0746. The molecule has 1 aromatic heterocycles. The van der Waals surface area contributed by atoms with E-state index in [0.717, 1.165) is 5.69 Å². The van der Waals surface area contributed by atoms with Crippen LogP contribution < -0.4 is 10.2 Å². The molecule has 0 spiro atoms. The number of para-hydroxylation sites is 1. The van der Waals surface area contributed by atoms with E-state index in [1.165, 1.54) is 6.07 Å². The number of amides is 1. The molecule has 5 nitrogen and oxygen atoms in total. The van der Waals surface area contributed by atoms with E-state index in [1.54, 1.807) is 29.4 Å². The molecule has 25 heavy (non-hydrogen) atoms. The van der Waals surface area contributed by atoms with Gasteiger partial charge in [0.05, 0.1) is 16.9 Å². The van der Waals surface area contributed by atoms with Crippen LogP contribution >= 0.6 is 0 Å². The maximum Gasteiger partial charge on any atom is 0.255 e. The number of carbonyl (C=O) groups excluding carboxylic acids is 1. The van der Waals surface area contributed by atoms with Crippen LogP contribution in [0.1, 0.15) is 24.2 Å². The fourth-order valence-corrected chi connectivity index (χ4v) is 3.01. The molecular weight excluding hydrogens is 319 g/mol. The summed E-state index contributed by atoms with van der Waals surface area (Å²) in [5.74, 6) is -0.257. The van der Waals surface area contributed by atoms with E-state index in [9.17, 15) is 9.18 Å². The van der Waals surface area contributed by atoms with Crippen molar-refractivity contribution < 1.29 is 9.18 Å². The molecule has 0 atom stereocenters. The van der Waals surface area contributed by atoms with Crippen LogP contribution in [0, 0.1) is 5.82 Å². The van der Waals surface area contributed by atoms with Crippen LogP contribution in [0.25, 0.3) is 0 Å². The number of benzene rings is 1. The van der Waals surface area contributed by atoms with Crippen LogP contribution in [0.15, 0.2) is 42.7 Å². The lowest BCUT2D eigenvalue weighted by Crippen LogP contribution is -2.49. The second-order valence-corrected chi connectivity index (χ2v) is 6.49. The van der Waals surface area contributed by atoms with Crippen molar-refractivity contribution in [2.75, 3.05) is 36.4 Å². The monoisotopic (exact) mass is 342 g/mol. The Balaban J connectivity index is 1.65. The van der Waals surface area contributed by atoms with Crippen LogP contribution in [0.2, 0.25) is 0 Å². The molecule has 0 bridgehead atoms. The molecule has 1 N–H and O–H groups in total. The SMILES string of the molecule is CC(C)Nc1cncc(C(=O)N2CCN(c3ccccc3F)CC2)c1. The standard InChI is InChI=1S/C19H23FN4O/c1-14(2)22-16-11-15(12-21-13-16)19(25)24-9-7-23(8-10-24)18-6-4-3-5-17(18)20/h3-6,11-14,22H,7-10H2,1-2H3. The molecule has 2 aromatic rings. The molecule has 0 unspecified atom stereocenters. The zero-order valence-electron chi connectivity index (χ0n) is 14.6. The number of halogens is 1. The van der Waals surface area contributed by atoms with E-state index < -0.39 is 0 Å². The Morgan fingerprint density at radius 3 is 2.56 bits per heavy atom. The van der Waals surface area contributed by atoms with Gasteiger partial charge in [0.15, 0.2) is 0 Å². The highest BCUT2D eigenvalue weighted by molar-refractivity contribution is 5.95. The molecule has 0 aliphatic carbocycles. The minimum Gasteiger partial charge on any atom is -0.382 e. The van der Waals surface area contributed by atoms with Gasteiger partial charge in [-0.3, -0.25) is 9.78 Å². The van der Waals surface area contributed by atoms with Crippen LogP contribution in [-0.4, -0.2) is 48.0 Å². The van der Waals surface area contributed by atoms with E-state index in [2.05, 4.69) is 10.3 Å². The molecule has 2 heterocycles. The molecule has 1 aromatic carbocycles. The average Bonchev–Trinajstić information content (AvgIpc) is 2.61. The number of hydrogen-bond acceptors (Lipinski definition) is 4. The van der Waals surface area contributed by atoms with E-state index in [4.69, 9.17) is 0 Å². The van der Waals surface area contributed by atoms with Gasteiger partial charge in [-0.1, -0.05) is 12.1 Å². The third-order valence-electron chi connectivity index (χ3n) is 4.20. The number of piperazine rings is 1. The summed E-state index contributed by atoms with van der Waals surface area (Å²) in [6.45, 7) is 6.44. The molecule has 6 heteroatoms. The smallest absolute Gasteiger partial charge is 0.255 e. The fourth-order valence-electron chi connectivity index (χ4n) is 3.01. The Kier molecular flexibility index (Phi) is 5.16. The van der Waals surface area contributed by atoms with Crippen molar-refractivity contribution in [2.45, 2.75) is 19.9 Å². The molecular formula is C19H23FN4O. The van der Waals surface area contributed by atoms with Crippen LogP contribution in [0.5, 0.6) is 0 Å². The van der Waals surface area contributed by atoms with Gasteiger partial charge < -0.3 is 15.1 Å². The maximum absolute atomic E-state index is 13.9. The minimum absolute atomic E-state index is 0.0342. The van der Waals surface area contributed by atoms with Crippen LogP contribution in [0.4, 0.5) is 15.8 Å². The van der Waals surface area contributed by atoms with Gasteiger partial charge in [-0.05, 0) is 32.0 Å². The van der Waals surface area contributed by atoms with E-state index in [1.807, 2.05) is 30.9 Å². The quantitative estimate of drug-likeness (QED) is 0.928. The van der Waals surface area contributed by atoms with Crippen LogP contribution in [-0.2, 0) is 0 Å². The lowest BCUT2D eigenvalue weighted by atomic mass is 10.2. The molecule has 1 saturated heterocycles. The number of hydrogen-bond donors (Lipinski definition) is 1. The van der Waals surface area contributed by atoms with Crippen molar-refractivity contribution in [3.05, 3.63) is 54.1 Å². The first-order valence-electron chi connectivity index (χ1n) is 8.55. The van der Waals surface area contributed by atoms with Crippen molar-refractivity contribution in [3.63, 3.8) is 0 Å². The highest BCUT2D eigenvalue weighted by Gasteiger charge is 2.23. The average molecular weight is 342 g/mol. The van der Waals surface area contributed by atoms with Gasteiger partial charge in [0.1, 0.15) is 5.82 Å². The molecule has 1 fully saturated rings. The van der Waals surface area contributed by atoms with Gasteiger partial charge in [0.2, 0.25) is 0 Å². The van der Waals surface area contributed by atoms with Crippen molar-refractivity contribution >= 4 is 17.3 Å². The number of nitrogens with one attached hydrogen (secondary N) is 1. The molecule has 0 saturated carbocycles. The van der Waals surface area contributed by atoms with Crippen molar-refractivity contribution in [1.82, 2.24) is 9.88 Å². The first-order chi connectivity index (χ1) is 12.0. The second kappa shape index (κ2) is 7.51. The highest BCUT2D eigenvalue weighted by atomic mass is 19.1. The number of pyridine rings is 1. The molecule has 1 aliphatic heterocycles. The first kappa shape index (κ1) is 17.2. The predicted octanol–water partition coefficient (Wildman–Crippen LogP) is 3.00. The minimum atomic E-state index is -0.223. The van der Waals surface area contributed by atoms with E-state index in [0.29, 0.717) is 37.4 Å². The third kappa shape index (κ3) is 4.07. The van der Waals surface area contributed by atoms with E-state index in [-0.39, 0.29) is 17.8 Å². The summed E-state index contributed by atoms with van der Waals surface area (Å²) < 4.78 is 13.9. The van der Waals surface area contributed by atoms with Gasteiger partial charge in [-0.25, -0.2) is 4.39 Å². The number of aromatic nitrogens is 1. The summed E-state index contributed by atoms with van der Waals surface area (Å²) in [6.07, 6.45) is 3.31. The Labute approximate surface area is 147 Å². The van der Waals surface area contributed by atoms with Crippen molar-refractivity contribution in [3.8, 4) is 0 Å². The predicted molar refractivity (Wildman–Crippen MR) is 97.5 cm³/mol. The van der Waals surface area contributed by atoms with Gasteiger partial charge in [-0.15, -0.1) is 0 Å². The Hall–Kier alpha value is -2.63. The van der Waals surface area contributed by atoms with Gasteiger partial charge in [0.25, 0.3) is 5.91 Å². The summed E-state index contributed by atoms with van der Waals surface area (Å²) in [7, 11) is 0. The molecule has 0 radical (unpaired) electrons. The van der Waals surface area contributed by atoms with Crippen molar-refractivity contribution in [1.29, 1.82) is 0 Å². The summed E-state index contributed by atoms with van der Waals surface area (Å²) in [6, 6.07) is 8.86. The number of rotatable bonds is 4. The molecule has 1 aliphatic rings. The number of carbonyl (C=O) groups is 1. The van der Waals surface area contributed by atoms with Crippen LogP contribution in [0.3, 0.4) is 0 Å². The summed E-state index contributed by atoms with van der Waals surface area (Å²) in [4.78, 5) is 20.7. The Morgan fingerprint density at radius 1 is 1.16 bits per heavy atom. The highest BCUT2D eigenvalue weighted by Crippen LogP contribution is 2.21. The normalized spacial score (nSPS) is 14.7. The van der Waals surface area contributed by atoms with Gasteiger partial charge in [0, 0.05) is 44.6 Å². The second-order valence-electron chi connectivity index (χ2n) is 6.49. The zero-order valence-corrected chi connectivity index (χ0v) is 14.6. The first-order valence-corrected chi connectivity index (χ1v) is 8.55. The number of anilines is 2. The molecule has 3 rings (SSSR count). The topological polar surface area (TPSA) is 48.5 Å². The molecule has 132 valence electrons. The van der Waals surface area contributed by atoms with Crippen molar-refractivity contribution in [2.24, 2.45) is 0 Å². The largest absolute Gasteiger partial charge is 0.382 e. The summed E-state index contributed by atoms with van der Waals surface area (Å²) in [5.41, 5.74) is 2.01. The van der Waals surface area contributed by atoms with Gasteiger partial charge >= 0.3 is 0 Å². The lowest BCUT2D eigenvalue weighted by Gasteiger charge is -2.36. The molecule has 1 amide bonds. The third-order valence-corrected chi connectivity index (χ3v) is 4.20. The maximum atomic E-state index is 13.9. The summed E-state index contributed by atoms with van der Waals surface area (Å²) >= 11 is 0. The fraction of sp³-hybridized carbons (Fsp3) is 0.368.